The van der Waals surface area contributed by atoms with Gasteiger partial charge in [0.25, 0.3) is 0 Å². The van der Waals surface area contributed by atoms with Gasteiger partial charge in [-0.1, -0.05) is 6.92 Å². The third-order valence-corrected chi connectivity index (χ3v) is 1.82. The van der Waals surface area contributed by atoms with Crippen LogP contribution in [-0.2, 0) is 9.53 Å². The Morgan fingerprint density at radius 1 is 1.22 bits per heavy atom. The molecule has 0 aromatic carbocycles. The maximum atomic E-state index is 12.1. The molecule has 0 aliphatic carbocycles. The minimum absolute atomic E-state index is 0.139. The normalized spacial score (nSPS) is 14.9. The van der Waals surface area contributed by atoms with Crippen LogP contribution in [0.3, 0.4) is 0 Å². The zero-order valence-electron chi connectivity index (χ0n) is 9.23. The molecule has 0 bridgehead atoms. The van der Waals surface area contributed by atoms with E-state index in [-0.39, 0.29) is 6.54 Å². The van der Waals surface area contributed by atoms with E-state index in [0.717, 1.165) is 0 Å². The molecular formula is C8H12F6N2O2. The number of hydrogen-bond acceptors (Lipinski definition) is 3. The fraction of sp³-hybridized carbons (Fsp3) is 0.875. The van der Waals surface area contributed by atoms with E-state index in [1.54, 1.807) is 0 Å². The number of rotatable bonds is 6. The van der Waals surface area contributed by atoms with Gasteiger partial charge in [-0.15, -0.1) is 0 Å². The first-order chi connectivity index (χ1) is 8.00. The number of carbonyl (C=O) groups is 1. The molecule has 1 atom stereocenters. The zero-order chi connectivity index (χ0) is 14.6. The molecule has 1 unspecified atom stereocenters. The Hall–Kier alpha value is -1.03. The van der Waals surface area contributed by atoms with Gasteiger partial charge in [-0.2, -0.15) is 26.3 Å². The number of hydrogen-bond donors (Lipinski definition) is 2. The predicted molar refractivity (Wildman–Crippen MR) is 48.5 cm³/mol. The Kier molecular flexibility index (Phi) is 5.87. The fourth-order valence-electron chi connectivity index (χ4n) is 1.06. The van der Waals surface area contributed by atoms with Crippen molar-refractivity contribution in [1.82, 2.24) is 5.32 Å². The van der Waals surface area contributed by atoms with Gasteiger partial charge in [-0.05, 0) is 6.54 Å². The summed E-state index contributed by atoms with van der Waals surface area (Å²) in [6, 6.07) is -1.41. The van der Waals surface area contributed by atoms with E-state index in [0.29, 0.717) is 0 Å². The van der Waals surface area contributed by atoms with Crippen molar-refractivity contribution in [2.24, 2.45) is 5.73 Å². The predicted octanol–water partition coefficient (Wildman–Crippen LogP) is 0.960. The highest BCUT2D eigenvalue weighted by molar-refractivity contribution is 5.79. The lowest BCUT2D eigenvalue weighted by Crippen LogP contribution is -2.50. The lowest BCUT2D eigenvalue weighted by molar-refractivity contribution is -0.322. The van der Waals surface area contributed by atoms with Crippen molar-refractivity contribution >= 4 is 5.91 Å². The van der Waals surface area contributed by atoms with E-state index in [1.165, 1.54) is 6.92 Å². The molecule has 0 saturated carbocycles. The van der Waals surface area contributed by atoms with Crippen LogP contribution in [0.5, 0.6) is 0 Å². The van der Waals surface area contributed by atoms with Crippen LogP contribution in [0.15, 0.2) is 0 Å². The van der Waals surface area contributed by atoms with Crippen LogP contribution in [-0.4, -0.2) is 43.6 Å². The average molecular weight is 282 g/mol. The smallest absolute Gasteiger partial charge is 0.368 e. The molecule has 0 aliphatic rings. The first-order valence-corrected chi connectivity index (χ1v) is 4.77. The molecule has 0 rings (SSSR count). The van der Waals surface area contributed by atoms with Crippen LogP contribution in [0.1, 0.15) is 6.92 Å². The molecule has 0 aliphatic heterocycles. The van der Waals surface area contributed by atoms with E-state index in [4.69, 9.17) is 5.73 Å². The summed E-state index contributed by atoms with van der Waals surface area (Å²) in [5.41, 5.74) is 4.78. The Morgan fingerprint density at radius 2 is 1.67 bits per heavy atom. The number of primary amides is 1. The van der Waals surface area contributed by atoms with Crippen LogP contribution >= 0.6 is 0 Å². The molecule has 0 aromatic heterocycles. The van der Waals surface area contributed by atoms with Crippen LogP contribution in [0.4, 0.5) is 26.3 Å². The molecule has 0 spiro atoms. The molecule has 3 N–H and O–H groups in total. The second-order valence-corrected chi connectivity index (χ2v) is 3.31. The molecule has 4 nitrogen and oxygen atoms in total. The molecule has 0 radical (unpaired) electrons. The number of ether oxygens (including phenoxy) is 1. The third-order valence-electron chi connectivity index (χ3n) is 1.82. The van der Waals surface area contributed by atoms with E-state index < -0.39 is 37.0 Å². The van der Waals surface area contributed by atoms with Gasteiger partial charge in [0.15, 0.2) is 0 Å². The molecule has 0 aromatic rings. The highest BCUT2D eigenvalue weighted by atomic mass is 19.4. The monoisotopic (exact) mass is 282 g/mol. The number of likely N-dealkylation sites (N-methyl/N-ethyl adjacent to an activating group) is 1. The quantitative estimate of drug-likeness (QED) is 0.713. The summed E-state index contributed by atoms with van der Waals surface area (Å²) in [6.07, 6.45) is -15.1. The Balaban J connectivity index is 4.66. The van der Waals surface area contributed by atoms with Crippen molar-refractivity contribution in [3.63, 3.8) is 0 Å². The number of nitrogens with one attached hydrogen (secondary N) is 1. The summed E-state index contributed by atoms with van der Waals surface area (Å²) < 4.78 is 76.2. The first-order valence-electron chi connectivity index (χ1n) is 4.77. The highest BCUT2D eigenvalue weighted by Crippen LogP contribution is 2.35. The fourth-order valence-corrected chi connectivity index (χ4v) is 1.06. The molecule has 18 heavy (non-hydrogen) atoms. The Labute approximate surface area is 98.5 Å². The van der Waals surface area contributed by atoms with Crippen molar-refractivity contribution < 1.29 is 35.9 Å². The molecule has 108 valence electrons. The molecular weight excluding hydrogens is 270 g/mol. The molecule has 0 saturated heterocycles. The topological polar surface area (TPSA) is 64.3 Å². The SMILES string of the molecule is CCNC(COC(C(F)(F)F)C(F)(F)F)C(N)=O. The standard InChI is InChI=1S/C8H12F6N2O2/c1-2-16-4(5(15)17)3-18-6(7(9,10)11)8(12,13)14/h4,6,16H,2-3H2,1H3,(H2,15,17). The number of carbonyl (C=O) groups excluding carboxylic acids is 1. The summed E-state index contributed by atoms with van der Waals surface area (Å²) >= 11 is 0. The van der Waals surface area contributed by atoms with Crippen molar-refractivity contribution in [3.8, 4) is 0 Å². The first kappa shape index (κ1) is 17.0. The van der Waals surface area contributed by atoms with Crippen molar-refractivity contribution in [1.29, 1.82) is 0 Å². The van der Waals surface area contributed by atoms with Crippen LogP contribution < -0.4 is 11.1 Å². The maximum absolute atomic E-state index is 12.1. The summed E-state index contributed by atoms with van der Waals surface area (Å²) in [5.74, 6) is -1.10. The minimum atomic E-state index is -5.60. The van der Waals surface area contributed by atoms with Crippen molar-refractivity contribution in [2.45, 2.75) is 31.4 Å². The van der Waals surface area contributed by atoms with Gasteiger partial charge in [0.05, 0.1) is 6.61 Å². The summed E-state index contributed by atoms with van der Waals surface area (Å²) in [6.45, 7) is 0.521. The zero-order valence-corrected chi connectivity index (χ0v) is 9.23. The van der Waals surface area contributed by atoms with Crippen molar-refractivity contribution in [3.05, 3.63) is 0 Å². The van der Waals surface area contributed by atoms with E-state index in [9.17, 15) is 31.1 Å². The summed E-state index contributed by atoms with van der Waals surface area (Å²) in [4.78, 5) is 10.7. The van der Waals surface area contributed by atoms with E-state index in [2.05, 4.69) is 10.1 Å². The van der Waals surface area contributed by atoms with Gasteiger partial charge in [-0.25, -0.2) is 0 Å². The van der Waals surface area contributed by atoms with Gasteiger partial charge in [0, 0.05) is 0 Å². The van der Waals surface area contributed by atoms with E-state index in [1.807, 2.05) is 0 Å². The van der Waals surface area contributed by atoms with Gasteiger partial charge < -0.3 is 15.8 Å². The van der Waals surface area contributed by atoms with Crippen LogP contribution in [0.2, 0.25) is 0 Å². The molecule has 1 amide bonds. The highest BCUT2D eigenvalue weighted by Gasteiger charge is 2.58. The van der Waals surface area contributed by atoms with Gasteiger partial charge in [0.2, 0.25) is 12.0 Å². The lowest BCUT2D eigenvalue weighted by Gasteiger charge is -2.25. The van der Waals surface area contributed by atoms with Crippen LogP contribution in [0, 0.1) is 0 Å². The second kappa shape index (κ2) is 6.23. The van der Waals surface area contributed by atoms with Crippen molar-refractivity contribution in [2.75, 3.05) is 13.2 Å². The number of amides is 1. The molecule has 0 fully saturated rings. The van der Waals surface area contributed by atoms with Gasteiger partial charge in [0.1, 0.15) is 6.04 Å². The summed E-state index contributed by atoms with van der Waals surface area (Å²) in [5, 5.41) is 2.31. The number of nitrogens with two attached hydrogens (primary N) is 1. The average Bonchev–Trinajstić information content (AvgIpc) is 2.11. The Bertz CT molecular complexity index is 264. The largest absolute Gasteiger partial charge is 0.423 e. The van der Waals surface area contributed by atoms with Gasteiger partial charge in [-0.3, -0.25) is 4.79 Å². The van der Waals surface area contributed by atoms with Gasteiger partial charge >= 0.3 is 12.4 Å². The number of alkyl halides is 6. The molecule has 0 heterocycles. The lowest BCUT2D eigenvalue weighted by atomic mass is 10.3. The number of halogens is 6. The third kappa shape index (κ3) is 5.54. The second-order valence-electron chi connectivity index (χ2n) is 3.31. The van der Waals surface area contributed by atoms with Crippen LogP contribution in [0.25, 0.3) is 0 Å². The Morgan fingerprint density at radius 3 is 1.94 bits per heavy atom. The minimum Gasteiger partial charge on any atom is -0.368 e. The maximum Gasteiger partial charge on any atom is 0.423 e. The molecule has 10 heteroatoms. The van der Waals surface area contributed by atoms with E-state index >= 15 is 0 Å². The summed E-state index contributed by atoms with van der Waals surface area (Å²) in [7, 11) is 0.